The van der Waals surface area contributed by atoms with E-state index in [9.17, 15) is 9.59 Å². The summed E-state index contributed by atoms with van der Waals surface area (Å²) in [4.78, 5) is 26.1. The molecule has 1 fully saturated rings. The molecule has 5 nitrogen and oxygen atoms in total. The fraction of sp³-hybridized carbons (Fsp3) is 0.769. The van der Waals surface area contributed by atoms with Crippen LogP contribution in [-0.4, -0.2) is 41.0 Å². The molecular formula is C13H22N2O3S. The van der Waals surface area contributed by atoms with Crippen LogP contribution in [0.3, 0.4) is 0 Å². The lowest BCUT2D eigenvalue weighted by atomic mass is 9.94. The van der Waals surface area contributed by atoms with Gasteiger partial charge in [-0.3, -0.25) is 4.79 Å². The maximum atomic E-state index is 12.5. The minimum atomic E-state index is -0.509. The van der Waals surface area contributed by atoms with Crippen LogP contribution >= 0.6 is 12.2 Å². The van der Waals surface area contributed by atoms with Gasteiger partial charge in [-0.25, -0.2) is 4.79 Å². The van der Waals surface area contributed by atoms with Gasteiger partial charge in [0, 0.05) is 6.54 Å². The van der Waals surface area contributed by atoms with E-state index < -0.39 is 12.0 Å². The Morgan fingerprint density at radius 3 is 2.58 bits per heavy atom. The molecule has 1 saturated heterocycles. The number of carbonyl (C=O) groups is 2. The van der Waals surface area contributed by atoms with Crippen molar-refractivity contribution in [1.29, 1.82) is 0 Å². The Labute approximate surface area is 119 Å². The SMILES string of the molecule is CCOC(=O)C1CCCN1C(=O)C(C(N)=S)C(C)C. The Hall–Kier alpha value is -1.17. The Bertz CT molecular complexity index is 371. The number of rotatable bonds is 5. The molecule has 0 aromatic rings. The topological polar surface area (TPSA) is 72.6 Å². The van der Waals surface area contributed by atoms with Crippen LogP contribution in [-0.2, 0) is 14.3 Å². The molecule has 0 aliphatic carbocycles. The predicted molar refractivity (Wildman–Crippen MR) is 76.5 cm³/mol. The number of nitrogens with zero attached hydrogens (tertiary/aromatic N) is 1. The summed E-state index contributed by atoms with van der Waals surface area (Å²) in [6, 6.07) is -0.483. The molecule has 2 atom stereocenters. The second-order valence-electron chi connectivity index (χ2n) is 5.07. The third-order valence-corrected chi connectivity index (χ3v) is 3.59. The largest absolute Gasteiger partial charge is 0.464 e. The molecule has 1 aliphatic rings. The number of hydrogen-bond acceptors (Lipinski definition) is 4. The molecule has 0 bridgehead atoms. The Morgan fingerprint density at radius 1 is 1.47 bits per heavy atom. The van der Waals surface area contributed by atoms with E-state index in [1.54, 1.807) is 11.8 Å². The lowest BCUT2D eigenvalue weighted by Gasteiger charge is -2.28. The van der Waals surface area contributed by atoms with E-state index in [1.807, 2.05) is 13.8 Å². The van der Waals surface area contributed by atoms with Crippen LogP contribution in [0, 0.1) is 11.8 Å². The number of ether oxygens (including phenoxy) is 1. The van der Waals surface area contributed by atoms with Gasteiger partial charge < -0.3 is 15.4 Å². The van der Waals surface area contributed by atoms with Crippen molar-refractivity contribution in [3.05, 3.63) is 0 Å². The number of carbonyl (C=O) groups excluding carboxylic acids is 2. The highest BCUT2D eigenvalue weighted by Gasteiger charge is 2.39. The van der Waals surface area contributed by atoms with Crippen LogP contribution in [0.15, 0.2) is 0 Å². The highest BCUT2D eigenvalue weighted by atomic mass is 32.1. The van der Waals surface area contributed by atoms with Gasteiger partial charge in [0.15, 0.2) is 0 Å². The first-order valence-corrected chi connectivity index (χ1v) is 7.07. The van der Waals surface area contributed by atoms with E-state index in [-0.39, 0.29) is 22.8 Å². The van der Waals surface area contributed by atoms with Crippen molar-refractivity contribution in [3.63, 3.8) is 0 Å². The first-order chi connectivity index (χ1) is 8.90. The van der Waals surface area contributed by atoms with Gasteiger partial charge in [0.25, 0.3) is 0 Å². The Morgan fingerprint density at radius 2 is 2.11 bits per heavy atom. The van der Waals surface area contributed by atoms with Crippen molar-refractivity contribution in [2.75, 3.05) is 13.2 Å². The predicted octanol–water partition coefficient (Wildman–Crippen LogP) is 1.10. The zero-order chi connectivity index (χ0) is 14.6. The highest BCUT2D eigenvalue weighted by Crippen LogP contribution is 2.24. The van der Waals surface area contributed by atoms with E-state index >= 15 is 0 Å². The average molecular weight is 286 g/mol. The molecule has 0 aromatic heterocycles. The highest BCUT2D eigenvalue weighted by molar-refractivity contribution is 7.80. The van der Waals surface area contributed by atoms with E-state index in [0.717, 1.165) is 6.42 Å². The third-order valence-electron chi connectivity index (χ3n) is 3.33. The standard InChI is InChI=1S/C13H22N2O3S/c1-4-18-13(17)9-6-5-7-15(9)12(16)10(8(2)3)11(14)19/h8-10H,4-7H2,1-3H3,(H2,14,19). The third kappa shape index (κ3) is 3.65. The maximum absolute atomic E-state index is 12.5. The molecule has 1 heterocycles. The van der Waals surface area contributed by atoms with Gasteiger partial charge >= 0.3 is 5.97 Å². The molecular weight excluding hydrogens is 264 g/mol. The van der Waals surface area contributed by atoms with Crippen LogP contribution in [0.4, 0.5) is 0 Å². The van der Waals surface area contributed by atoms with Crippen molar-refractivity contribution < 1.29 is 14.3 Å². The van der Waals surface area contributed by atoms with Gasteiger partial charge in [-0.05, 0) is 25.7 Å². The molecule has 1 amide bonds. The van der Waals surface area contributed by atoms with Gasteiger partial charge in [-0.1, -0.05) is 26.1 Å². The zero-order valence-corrected chi connectivity index (χ0v) is 12.5. The van der Waals surface area contributed by atoms with Crippen molar-refractivity contribution >= 4 is 29.1 Å². The second-order valence-corrected chi connectivity index (χ2v) is 5.54. The molecule has 1 aliphatic heterocycles. The fourth-order valence-corrected chi connectivity index (χ4v) is 2.80. The summed E-state index contributed by atoms with van der Waals surface area (Å²) in [6.07, 6.45) is 1.45. The van der Waals surface area contributed by atoms with Crippen LogP contribution < -0.4 is 5.73 Å². The number of esters is 1. The minimum absolute atomic E-state index is 0.0217. The normalized spacial score (nSPS) is 20.4. The molecule has 0 spiro atoms. The zero-order valence-electron chi connectivity index (χ0n) is 11.7. The Kier molecular flexibility index (Phi) is 5.72. The second kappa shape index (κ2) is 6.84. The number of nitrogens with two attached hydrogens (primary N) is 1. The number of likely N-dealkylation sites (tertiary alicyclic amines) is 1. The molecule has 0 radical (unpaired) electrons. The molecule has 2 unspecified atom stereocenters. The summed E-state index contributed by atoms with van der Waals surface area (Å²) in [5.74, 6) is -0.977. The summed E-state index contributed by atoms with van der Waals surface area (Å²) in [7, 11) is 0. The van der Waals surface area contributed by atoms with E-state index in [1.165, 1.54) is 0 Å². The van der Waals surface area contributed by atoms with Gasteiger partial charge in [-0.15, -0.1) is 0 Å². The van der Waals surface area contributed by atoms with Crippen LogP contribution in [0.25, 0.3) is 0 Å². The molecule has 108 valence electrons. The molecule has 19 heavy (non-hydrogen) atoms. The summed E-state index contributed by atoms with van der Waals surface area (Å²) >= 11 is 4.97. The van der Waals surface area contributed by atoms with Crippen LogP contribution in [0.2, 0.25) is 0 Å². The number of hydrogen-bond donors (Lipinski definition) is 1. The molecule has 1 rings (SSSR count). The average Bonchev–Trinajstić information content (AvgIpc) is 2.76. The van der Waals surface area contributed by atoms with Crippen molar-refractivity contribution in [1.82, 2.24) is 4.90 Å². The number of thiocarbonyl (C=S) groups is 1. The van der Waals surface area contributed by atoms with E-state index in [2.05, 4.69) is 0 Å². The lowest BCUT2D eigenvalue weighted by molar-refractivity contribution is -0.153. The summed E-state index contributed by atoms with van der Waals surface area (Å²) in [5, 5.41) is 0. The molecule has 0 saturated carbocycles. The summed E-state index contributed by atoms with van der Waals surface area (Å²) in [6.45, 7) is 6.44. The number of amides is 1. The molecule has 2 N–H and O–H groups in total. The fourth-order valence-electron chi connectivity index (χ4n) is 2.43. The van der Waals surface area contributed by atoms with Gasteiger partial charge in [0.05, 0.1) is 17.5 Å². The van der Waals surface area contributed by atoms with Gasteiger partial charge in [-0.2, -0.15) is 0 Å². The van der Waals surface area contributed by atoms with Crippen LogP contribution in [0.5, 0.6) is 0 Å². The molecule has 6 heteroatoms. The van der Waals surface area contributed by atoms with Crippen molar-refractivity contribution in [2.45, 2.75) is 39.7 Å². The minimum Gasteiger partial charge on any atom is -0.464 e. The lowest BCUT2D eigenvalue weighted by Crippen LogP contribution is -2.48. The van der Waals surface area contributed by atoms with E-state index in [0.29, 0.717) is 19.6 Å². The Balaban J connectivity index is 2.84. The summed E-state index contributed by atoms with van der Waals surface area (Å²) in [5.41, 5.74) is 5.65. The first-order valence-electron chi connectivity index (χ1n) is 6.66. The first kappa shape index (κ1) is 15.9. The summed E-state index contributed by atoms with van der Waals surface area (Å²) < 4.78 is 5.01. The van der Waals surface area contributed by atoms with E-state index in [4.69, 9.17) is 22.7 Å². The quantitative estimate of drug-likeness (QED) is 0.605. The molecule has 0 aromatic carbocycles. The van der Waals surface area contributed by atoms with Gasteiger partial charge in [0.2, 0.25) is 5.91 Å². The smallest absolute Gasteiger partial charge is 0.328 e. The maximum Gasteiger partial charge on any atom is 0.328 e. The van der Waals surface area contributed by atoms with Crippen molar-refractivity contribution in [2.24, 2.45) is 17.6 Å². The van der Waals surface area contributed by atoms with Gasteiger partial charge in [0.1, 0.15) is 6.04 Å². The monoisotopic (exact) mass is 286 g/mol. The van der Waals surface area contributed by atoms with Crippen molar-refractivity contribution in [3.8, 4) is 0 Å². The van der Waals surface area contributed by atoms with Crippen LogP contribution in [0.1, 0.15) is 33.6 Å².